The molecule has 0 unspecified atom stereocenters. The van der Waals surface area contributed by atoms with E-state index < -0.39 is 0 Å². The molecule has 0 fully saturated rings. The Bertz CT molecular complexity index is 584. The molecule has 0 spiro atoms. The van der Waals surface area contributed by atoms with Gasteiger partial charge in [-0.05, 0) is 18.6 Å². The molecule has 0 N–H and O–H groups in total. The van der Waals surface area contributed by atoms with Gasteiger partial charge in [0.15, 0.2) is 0 Å². The number of carbonyl (C=O) groups is 1. The molecule has 1 heterocycles. The zero-order valence-electron chi connectivity index (χ0n) is 10.6. The second-order valence-corrected chi connectivity index (χ2v) is 4.52. The number of pyridine rings is 1. The molecule has 3 nitrogen and oxygen atoms in total. The molecular weight excluding hydrogens is 262 g/mol. The fraction of sp³-hybridized carbons (Fsp3) is 0.200. The summed E-state index contributed by atoms with van der Waals surface area (Å²) in [4.78, 5) is 14.8. The van der Waals surface area contributed by atoms with E-state index in [1.807, 2.05) is 19.1 Å². The molecule has 1 aromatic heterocycles. The molecule has 0 amide bonds. The molecule has 0 bridgehead atoms. The van der Waals surface area contributed by atoms with Crippen LogP contribution in [0.2, 0.25) is 5.02 Å². The fourth-order valence-corrected chi connectivity index (χ4v) is 2.00. The molecule has 98 valence electrons. The van der Waals surface area contributed by atoms with Crippen molar-refractivity contribution in [2.24, 2.45) is 0 Å². The summed E-state index contributed by atoms with van der Waals surface area (Å²) in [6, 6.07) is 7.08. The van der Waals surface area contributed by atoms with Gasteiger partial charge >= 0.3 is 0 Å². The van der Waals surface area contributed by atoms with Crippen LogP contribution in [-0.2, 0) is 0 Å². The highest BCUT2D eigenvalue weighted by molar-refractivity contribution is 6.33. The Kier molecular flexibility index (Phi) is 4.53. The van der Waals surface area contributed by atoms with E-state index in [2.05, 4.69) is 4.98 Å². The van der Waals surface area contributed by atoms with E-state index in [-0.39, 0.29) is 0 Å². The van der Waals surface area contributed by atoms with E-state index in [4.69, 9.17) is 16.3 Å². The predicted octanol–water partition coefficient (Wildman–Crippen LogP) is 4.00. The number of nitrogens with zero attached hydrogens (tertiary/aromatic N) is 1. The zero-order valence-corrected chi connectivity index (χ0v) is 11.4. The topological polar surface area (TPSA) is 39.2 Å². The number of aldehydes is 1. The van der Waals surface area contributed by atoms with Crippen molar-refractivity contribution in [3.63, 3.8) is 0 Å². The lowest BCUT2D eigenvalue weighted by Gasteiger charge is -2.08. The Balaban J connectivity index is 2.33. The molecule has 0 radical (unpaired) electrons. The Morgan fingerprint density at radius 1 is 1.32 bits per heavy atom. The number of rotatable bonds is 5. The molecule has 0 saturated carbocycles. The first kappa shape index (κ1) is 13.6. The zero-order chi connectivity index (χ0) is 13.7. The van der Waals surface area contributed by atoms with Gasteiger partial charge in [-0.25, -0.2) is 0 Å². The molecule has 0 aliphatic heterocycles. The highest BCUT2D eigenvalue weighted by Gasteiger charge is 2.06. The summed E-state index contributed by atoms with van der Waals surface area (Å²) in [7, 11) is 0. The van der Waals surface area contributed by atoms with Crippen LogP contribution in [-0.4, -0.2) is 17.9 Å². The lowest BCUT2D eigenvalue weighted by molar-refractivity contribution is 0.112. The first-order valence-corrected chi connectivity index (χ1v) is 6.45. The van der Waals surface area contributed by atoms with Crippen LogP contribution < -0.4 is 4.74 Å². The van der Waals surface area contributed by atoms with Gasteiger partial charge in [0.1, 0.15) is 12.0 Å². The predicted molar refractivity (Wildman–Crippen MR) is 75.9 cm³/mol. The maximum atomic E-state index is 10.7. The molecule has 2 aromatic rings. The van der Waals surface area contributed by atoms with Gasteiger partial charge in [-0.1, -0.05) is 30.7 Å². The van der Waals surface area contributed by atoms with Crippen LogP contribution in [0.1, 0.15) is 23.7 Å². The van der Waals surface area contributed by atoms with Gasteiger partial charge in [-0.15, -0.1) is 0 Å². The standard InChI is InChI=1S/C15H14ClNO2/c1-2-5-19-13-7-12(8-17-9-13)14-4-3-11(10-18)6-15(14)16/h3-4,6-10H,2,5H2,1H3. The maximum Gasteiger partial charge on any atom is 0.150 e. The minimum Gasteiger partial charge on any atom is -0.492 e. The minimum atomic E-state index is 0.527. The van der Waals surface area contributed by atoms with E-state index in [9.17, 15) is 4.79 Å². The van der Waals surface area contributed by atoms with Crippen molar-refractivity contribution in [3.05, 3.63) is 47.2 Å². The first-order valence-electron chi connectivity index (χ1n) is 6.07. The van der Waals surface area contributed by atoms with Gasteiger partial charge < -0.3 is 4.74 Å². The summed E-state index contributed by atoms with van der Waals surface area (Å²) in [6.07, 6.45) is 5.11. The molecular formula is C15H14ClNO2. The summed E-state index contributed by atoms with van der Waals surface area (Å²) in [5.74, 6) is 0.717. The summed E-state index contributed by atoms with van der Waals surface area (Å²) < 4.78 is 5.54. The molecule has 0 aliphatic carbocycles. The van der Waals surface area contributed by atoms with Gasteiger partial charge in [0.25, 0.3) is 0 Å². The number of carbonyl (C=O) groups excluding carboxylic acids is 1. The normalized spacial score (nSPS) is 10.2. The van der Waals surface area contributed by atoms with Crippen molar-refractivity contribution in [3.8, 4) is 16.9 Å². The quantitative estimate of drug-likeness (QED) is 0.774. The van der Waals surface area contributed by atoms with Gasteiger partial charge in [0, 0.05) is 27.9 Å². The van der Waals surface area contributed by atoms with Crippen molar-refractivity contribution in [1.82, 2.24) is 4.98 Å². The molecule has 0 atom stereocenters. The maximum absolute atomic E-state index is 10.7. The van der Waals surface area contributed by atoms with Crippen LogP contribution in [0, 0.1) is 0 Å². The van der Waals surface area contributed by atoms with E-state index >= 15 is 0 Å². The second kappa shape index (κ2) is 6.34. The Morgan fingerprint density at radius 3 is 2.84 bits per heavy atom. The fourth-order valence-electron chi connectivity index (χ4n) is 1.70. The van der Waals surface area contributed by atoms with Crippen LogP contribution in [0.3, 0.4) is 0 Å². The number of benzene rings is 1. The molecule has 1 aromatic carbocycles. The van der Waals surface area contributed by atoms with Crippen LogP contribution in [0.4, 0.5) is 0 Å². The van der Waals surface area contributed by atoms with E-state index in [1.54, 1.807) is 24.5 Å². The average Bonchev–Trinajstić information content (AvgIpc) is 2.45. The SMILES string of the molecule is CCCOc1cncc(-c2ccc(C=O)cc2Cl)c1. The van der Waals surface area contributed by atoms with E-state index in [1.165, 1.54) is 0 Å². The largest absolute Gasteiger partial charge is 0.492 e. The number of hydrogen-bond acceptors (Lipinski definition) is 3. The molecule has 2 rings (SSSR count). The summed E-state index contributed by atoms with van der Waals surface area (Å²) in [6.45, 7) is 2.70. The van der Waals surface area contributed by atoms with Gasteiger partial charge in [0.2, 0.25) is 0 Å². The van der Waals surface area contributed by atoms with Crippen LogP contribution >= 0.6 is 11.6 Å². The van der Waals surface area contributed by atoms with E-state index in [0.717, 1.165) is 29.6 Å². The molecule has 19 heavy (non-hydrogen) atoms. The highest BCUT2D eigenvalue weighted by atomic mass is 35.5. The smallest absolute Gasteiger partial charge is 0.150 e. The van der Waals surface area contributed by atoms with Crippen molar-refractivity contribution >= 4 is 17.9 Å². The van der Waals surface area contributed by atoms with Crippen molar-refractivity contribution in [1.29, 1.82) is 0 Å². The Labute approximate surface area is 117 Å². The van der Waals surface area contributed by atoms with Crippen LogP contribution in [0.15, 0.2) is 36.7 Å². The Hall–Kier alpha value is -1.87. The number of ether oxygens (including phenoxy) is 1. The number of aromatic nitrogens is 1. The molecule has 0 aliphatic rings. The van der Waals surface area contributed by atoms with Crippen LogP contribution in [0.5, 0.6) is 5.75 Å². The van der Waals surface area contributed by atoms with Crippen LogP contribution in [0.25, 0.3) is 11.1 Å². The second-order valence-electron chi connectivity index (χ2n) is 4.11. The monoisotopic (exact) mass is 275 g/mol. The summed E-state index contributed by atoms with van der Waals surface area (Å²) >= 11 is 6.17. The minimum absolute atomic E-state index is 0.527. The number of halogens is 1. The van der Waals surface area contributed by atoms with Crippen molar-refractivity contribution in [2.75, 3.05) is 6.61 Å². The molecule has 0 saturated heterocycles. The van der Waals surface area contributed by atoms with E-state index in [0.29, 0.717) is 17.2 Å². The molecule has 4 heteroatoms. The van der Waals surface area contributed by atoms with Gasteiger partial charge in [-0.2, -0.15) is 0 Å². The van der Waals surface area contributed by atoms with Crippen molar-refractivity contribution < 1.29 is 9.53 Å². The lowest BCUT2D eigenvalue weighted by Crippen LogP contribution is -1.95. The summed E-state index contributed by atoms with van der Waals surface area (Å²) in [5, 5.41) is 0.527. The first-order chi connectivity index (χ1) is 9.24. The lowest BCUT2D eigenvalue weighted by atomic mass is 10.1. The third kappa shape index (κ3) is 3.32. The van der Waals surface area contributed by atoms with Gasteiger partial charge in [-0.3, -0.25) is 9.78 Å². The third-order valence-electron chi connectivity index (χ3n) is 2.63. The third-order valence-corrected chi connectivity index (χ3v) is 2.94. The highest BCUT2D eigenvalue weighted by Crippen LogP contribution is 2.29. The average molecular weight is 276 g/mol. The summed E-state index contributed by atoms with van der Waals surface area (Å²) in [5.41, 5.74) is 2.26. The van der Waals surface area contributed by atoms with Crippen molar-refractivity contribution in [2.45, 2.75) is 13.3 Å². The van der Waals surface area contributed by atoms with Gasteiger partial charge in [0.05, 0.1) is 12.8 Å². The number of hydrogen-bond donors (Lipinski definition) is 0. The Morgan fingerprint density at radius 2 is 2.16 bits per heavy atom.